The minimum atomic E-state index is -0.833. The Labute approximate surface area is 123 Å². The molecule has 2 aliphatic heterocycles. The average molecular weight is 304 g/mol. The van der Waals surface area contributed by atoms with Gasteiger partial charge in [0.15, 0.2) is 5.79 Å². The molecule has 0 spiro atoms. The number of piperidine rings is 1. The number of rotatable bonds is 1. The minimum absolute atomic E-state index is 0.0250. The van der Waals surface area contributed by atoms with E-state index in [1.165, 1.54) is 6.92 Å². The Balaban J connectivity index is 0.000000491. The molecule has 2 saturated heterocycles. The van der Waals surface area contributed by atoms with Crippen molar-refractivity contribution in [2.45, 2.75) is 57.8 Å². The van der Waals surface area contributed by atoms with Gasteiger partial charge in [0.1, 0.15) is 12.2 Å². The van der Waals surface area contributed by atoms with E-state index in [4.69, 9.17) is 19.4 Å². The van der Waals surface area contributed by atoms with Gasteiger partial charge in [-0.2, -0.15) is 0 Å². The van der Waals surface area contributed by atoms with Crippen LogP contribution in [0.3, 0.4) is 0 Å². The van der Waals surface area contributed by atoms with Gasteiger partial charge in [0.05, 0.1) is 18.7 Å². The van der Waals surface area contributed by atoms with Crippen LogP contribution in [0.25, 0.3) is 0 Å². The molecule has 1 amide bonds. The lowest BCUT2D eigenvalue weighted by molar-refractivity contribution is -0.304. The van der Waals surface area contributed by atoms with E-state index in [2.05, 4.69) is 10.6 Å². The average Bonchev–Trinajstić information content (AvgIpc) is 2.31. The molecule has 8 nitrogen and oxygen atoms in total. The van der Waals surface area contributed by atoms with E-state index in [-0.39, 0.29) is 24.1 Å². The van der Waals surface area contributed by atoms with Gasteiger partial charge in [-0.1, -0.05) is 0 Å². The highest BCUT2D eigenvalue weighted by Crippen LogP contribution is 2.27. The van der Waals surface area contributed by atoms with E-state index in [1.807, 2.05) is 13.8 Å². The highest BCUT2D eigenvalue weighted by Gasteiger charge is 2.46. The monoisotopic (exact) mass is 304 g/mol. The van der Waals surface area contributed by atoms with Crippen LogP contribution in [0.2, 0.25) is 0 Å². The van der Waals surface area contributed by atoms with Gasteiger partial charge in [-0.15, -0.1) is 0 Å². The summed E-state index contributed by atoms with van der Waals surface area (Å²) < 4.78 is 11.2. The number of aliphatic hydroxyl groups is 1. The van der Waals surface area contributed by atoms with E-state index in [0.29, 0.717) is 13.2 Å². The van der Waals surface area contributed by atoms with Crippen molar-refractivity contribution in [1.29, 1.82) is 0 Å². The summed E-state index contributed by atoms with van der Waals surface area (Å²) in [5.74, 6) is -1.68. The smallest absolute Gasteiger partial charge is 0.300 e. The third-order valence-corrected chi connectivity index (χ3v) is 3.16. The topological polar surface area (TPSA) is 117 Å². The lowest BCUT2D eigenvalue weighted by Crippen LogP contribution is -2.69. The third-order valence-electron chi connectivity index (χ3n) is 3.16. The molecule has 4 atom stereocenters. The summed E-state index contributed by atoms with van der Waals surface area (Å²) in [6, 6.07) is -0.342. The summed E-state index contributed by atoms with van der Waals surface area (Å²) in [6.45, 7) is 7.18. The maximum absolute atomic E-state index is 11.0. The molecule has 2 rings (SSSR count). The van der Waals surface area contributed by atoms with Gasteiger partial charge in [0.2, 0.25) is 5.91 Å². The fourth-order valence-corrected chi connectivity index (χ4v) is 2.34. The Morgan fingerprint density at radius 3 is 2.43 bits per heavy atom. The first-order chi connectivity index (χ1) is 9.62. The molecular weight excluding hydrogens is 280 g/mol. The summed E-state index contributed by atoms with van der Waals surface area (Å²) in [5, 5.41) is 23.6. The Morgan fingerprint density at radius 1 is 1.33 bits per heavy atom. The van der Waals surface area contributed by atoms with E-state index in [0.717, 1.165) is 6.92 Å². The van der Waals surface area contributed by atoms with Crippen molar-refractivity contribution >= 4 is 11.9 Å². The number of carbonyl (C=O) groups excluding carboxylic acids is 1. The van der Waals surface area contributed by atoms with Crippen LogP contribution in [0.1, 0.15) is 27.7 Å². The fourth-order valence-electron chi connectivity index (χ4n) is 2.34. The number of aliphatic hydroxyl groups excluding tert-OH is 1. The second kappa shape index (κ2) is 7.17. The summed E-state index contributed by atoms with van der Waals surface area (Å²) in [6.07, 6.45) is -1.07. The molecule has 2 heterocycles. The van der Waals surface area contributed by atoms with Gasteiger partial charge >= 0.3 is 0 Å². The predicted molar refractivity (Wildman–Crippen MR) is 73.6 cm³/mol. The van der Waals surface area contributed by atoms with Gasteiger partial charge in [-0.3, -0.25) is 9.59 Å². The summed E-state index contributed by atoms with van der Waals surface area (Å²) in [7, 11) is 0. The molecule has 1 unspecified atom stereocenters. The lowest BCUT2D eigenvalue weighted by Gasteiger charge is -2.48. The molecule has 21 heavy (non-hydrogen) atoms. The van der Waals surface area contributed by atoms with E-state index in [1.54, 1.807) is 0 Å². The molecule has 0 aromatic carbocycles. The van der Waals surface area contributed by atoms with Crippen molar-refractivity contribution in [3.05, 3.63) is 0 Å². The third kappa shape index (κ3) is 5.58. The maximum atomic E-state index is 11.0. The van der Waals surface area contributed by atoms with E-state index >= 15 is 0 Å². The van der Waals surface area contributed by atoms with Crippen LogP contribution in [-0.2, 0) is 19.1 Å². The number of amides is 1. The molecule has 0 bridgehead atoms. The van der Waals surface area contributed by atoms with Gasteiger partial charge in [-0.05, 0) is 13.8 Å². The van der Waals surface area contributed by atoms with Crippen LogP contribution in [0, 0.1) is 0 Å². The molecule has 0 aliphatic carbocycles. The maximum Gasteiger partial charge on any atom is 0.300 e. The van der Waals surface area contributed by atoms with Crippen LogP contribution >= 0.6 is 0 Å². The van der Waals surface area contributed by atoms with E-state index in [9.17, 15) is 9.90 Å². The number of carboxylic acid groups (broad SMARTS) is 1. The molecule has 8 heteroatoms. The molecule has 122 valence electrons. The van der Waals surface area contributed by atoms with Crippen molar-refractivity contribution in [2.24, 2.45) is 0 Å². The van der Waals surface area contributed by atoms with Crippen molar-refractivity contribution in [3.8, 4) is 0 Å². The molecule has 0 aromatic rings. The predicted octanol–water partition coefficient (Wildman–Crippen LogP) is -0.934. The number of aliphatic carboxylic acids is 1. The first-order valence-corrected chi connectivity index (χ1v) is 6.82. The summed E-state index contributed by atoms with van der Waals surface area (Å²) in [5.41, 5.74) is 0. The Bertz CT molecular complexity index is 383. The number of carbonyl (C=O) groups is 2. The fraction of sp³-hybridized carbons (Fsp3) is 0.846. The highest BCUT2D eigenvalue weighted by atomic mass is 16.7. The number of fused-ring (bicyclic) bond motifs is 1. The second-order valence-corrected chi connectivity index (χ2v) is 5.62. The van der Waals surface area contributed by atoms with Crippen LogP contribution in [0.5, 0.6) is 0 Å². The first-order valence-electron chi connectivity index (χ1n) is 6.82. The first kappa shape index (κ1) is 17.8. The van der Waals surface area contributed by atoms with Gasteiger partial charge in [0.25, 0.3) is 5.97 Å². The minimum Gasteiger partial charge on any atom is -0.481 e. The number of nitrogens with one attached hydrogen (secondary N) is 2. The SMILES string of the molecule is CC(=O)N[C@H]1CNC2COC(C)(C)O[C@H]2[C@@H]1O.CC(=O)O. The zero-order chi connectivity index (χ0) is 16.2. The quantitative estimate of drug-likeness (QED) is 0.494. The summed E-state index contributed by atoms with van der Waals surface area (Å²) >= 11 is 0. The van der Waals surface area contributed by atoms with Crippen LogP contribution < -0.4 is 10.6 Å². The number of ether oxygens (including phenoxy) is 2. The van der Waals surface area contributed by atoms with Crippen LogP contribution in [0.15, 0.2) is 0 Å². The van der Waals surface area contributed by atoms with Crippen molar-refractivity contribution in [2.75, 3.05) is 13.2 Å². The molecular formula is C13H24N2O6. The van der Waals surface area contributed by atoms with E-state index < -0.39 is 17.9 Å². The molecule has 0 saturated carbocycles. The Kier molecular flexibility index (Phi) is 6.09. The standard InChI is InChI=1S/C11H20N2O4.C2H4O2/c1-6(14)13-7-4-12-8-5-16-11(2,3)17-10(8)9(7)15;1-2(3)4/h7-10,12,15H,4-5H2,1-3H3,(H,13,14);1H3,(H,3,4)/t7-,8?,9+,10+;/m0./s1. The van der Waals surface area contributed by atoms with Crippen LogP contribution in [0.4, 0.5) is 0 Å². The zero-order valence-electron chi connectivity index (χ0n) is 12.8. The van der Waals surface area contributed by atoms with Crippen molar-refractivity contribution < 1.29 is 29.3 Å². The number of hydrogen-bond donors (Lipinski definition) is 4. The van der Waals surface area contributed by atoms with Gasteiger partial charge in [0, 0.05) is 20.4 Å². The molecule has 0 radical (unpaired) electrons. The number of carboxylic acids is 1. The molecule has 4 N–H and O–H groups in total. The Hall–Kier alpha value is -1.22. The number of hydrogen-bond acceptors (Lipinski definition) is 6. The zero-order valence-corrected chi connectivity index (χ0v) is 12.8. The normalized spacial score (nSPS) is 34.0. The van der Waals surface area contributed by atoms with Crippen LogP contribution in [-0.4, -0.2) is 65.3 Å². The van der Waals surface area contributed by atoms with Crippen molar-refractivity contribution in [1.82, 2.24) is 10.6 Å². The van der Waals surface area contributed by atoms with Crippen molar-refractivity contribution in [3.63, 3.8) is 0 Å². The summed E-state index contributed by atoms with van der Waals surface area (Å²) in [4.78, 5) is 20.0. The molecule has 0 aromatic heterocycles. The highest BCUT2D eigenvalue weighted by molar-refractivity contribution is 5.73. The Morgan fingerprint density at radius 2 is 1.90 bits per heavy atom. The molecule has 2 fully saturated rings. The second-order valence-electron chi connectivity index (χ2n) is 5.62. The van der Waals surface area contributed by atoms with Gasteiger partial charge in [-0.25, -0.2) is 0 Å². The molecule has 2 aliphatic rings. The lowest BCUT2D eigenvalue weighted by atomic mass is 9.93. The van der Waals surface area contributed by atoms with Gasteiger partial charge < -0.3 is 30.3 Å². The largest absolute Gasteiger partial charge is 0.481 e.